The van der Waals surface area contributed by atoms with Crippen LogP contribution in [-0.2, 0) is 16.0 Å². The Kier molecular flexibility index (Phi) is 5.30. The van der Waals surface area contributed by atoms with E-state index in [9.17, 15) is 4.79 Å². The fraction of sp³-hybridized carbons (Fsp3) is 0.412. The Bertz CT molecular complexity index is 671. The van der Waals surface area contributed by atoms with Crippen molar-refractivity contribution in [2.24, 2.45) is 0 Å². The Hall–Kier alpha value is -1.43. The summed E-state index contributed by atoms with van der Waals surface area (Å²) in [4.78, 5) is 16.6. The van der Waals surface area contributed by atoms with Crippen LogP contribution >= 0.6 is 22.9 Å². The van der Waals surface area contributed by atoms with Crippen molar-refractivity contribution in [3.63, 3.8) is 0 Å². The van der Waals surface area contributed by atoms with Gasteiger partial charge in [0.15, 0.2) is 0 Å². The summed E-state index contributed by atoms with van der Waals surface area (Å²) >= 11 is 7.53. The van der Waals surface area contributed by atoms with Gasteiger partial charge in [0.2, 0.25) is 5.91 Å². The minimum Gasteiger partial charge on any atom is -0.371 e. The molecule has 1 aromatic heterocycles. The van der Waals surface area contributed by atoms with Gasteiger partial charge in [0.25, 0.3) is 0 Å². The molecule has 1 aromatic carbocycles. The number of carbonyl (C=O) groups is 1. The second kappa shape index (κ2) is 7.43. The van der Waals surface area contributed by atoms with Gasteiger partial charge < -0.3 is 10.1 Å². The number of ether oxygens (including phenoxy) is 1. The van der Waals surface area contributed by atoms with Crippen LogP contribution in [0.25, 0.3) is 0 Å². The topological polar surface area (TPSA) is 51.2 Å². The van der Waals surface area contributed by atoms with E-state index in [1.54, 1.807) is 11.3 Å². The van der Waals surface area contributed by atoms with Gasteiger partial charge in [0.05, 0.1) is 11.0 Å². The van der Waals surface area contributed by atoms with E-state index < -0.39 is 0 Å². The molecule has 3 rings (SSSR count). The lowest BCUT2D eigenvalue weighted by Crippen LogP contribution is -2.36. The van der Waals surface area contributed by atoms with Crippen molar-refractivity contribution < 1.29 is 9.53 Å². The predicted molar refractivity (Wildman–Crippen MR) is 91.9 cm³/mol. The summed E-state index contributed by atoms with van der Waals surface area (Å²) in [5.41, 5.74) is 2.06. The molecule has 1 aliphatic rings. The fourth-order valence-electron chi connectivity index (χ4n) is 2.74. The Morgan fingerprint density at radius 1 is 1.43 bits per heavy atom. The van der Waals surface area contributed by atoms with E-state index in [4.69, 9.17) is 16.3 Å². The molecule has 2 heterocycles. The maximum Gasteiger partial charge on any atom is 0.220 e. The van der Waals surface area contributed by atoms with E-state index in [0.29, 0.717) is 24.5 Å². The molecule has 1 saturated heterocycles. The van der Waals surface area contributed by atoms with E-state index in [2.05, 4.69) is 10.3 Å². The average Bonchev–Trinajstić information content (AvgIpc) is 3.15. The van der Waals surface area contributed by atoms with E-state index in [1.165, 1.54) is 0 Å². The molecule has 0 unspecified atom stereocenters. The van der Waals surface area contributed by atoms with Crippen molar-refractivity contribution in [2.75, 3.05) is 6.61 Å². The highest BCUT2D eigenvalue weighted by molar-refractivity contribution is 7.09. The van der Waals surface area contributed by atoms with Crippen molar-refractivity contribution in [2.45, 2.75) is 38.3 Å². The summed E-state index contributed by atoms with van der Waals surface area (Å²) < 4.78 is 5.79. The van der Waals surface area contributed by atoms with Crippen LogP contribution in [0.2, 0.25) is 5.02 Å². The molecule has 1 aliphatic heterocycles. The number of benzene rings is 1. The van der Waals surface area contributed by atoms with Gasteiger partial charge in [-0.1, -0.05) is 23.7 Å². The van der Waals surface area contributed by atoms with Gasteiger partial charge in [0.1, 0.15) is 6.10 Å². The largest absolute Gasteiger partial charge is 0.371 e. The molecule has 23 heavy (non-hydrogen) atoms. The molecule has 0 spiro atoms. The lowest BCUT2D eigenvalue weighted by molar-refractivity contribution is -0.122. The molecule has 6 heteroatoms. The summed E-state index contributed by atoms with van der Waals surface area (Å²) in [5, 5.41) is 6.82. The number of amides is 1. The first-order chi connectivity index (χ1) is 11.1. The van der Waals surface area contributed by atoms with Crippen LogP contribution in [0.1, 0.15) is 35.2 Å². The van der Waals surface area contributed by atoms with E-state index in [1.807, 2.05) is 36.6 Å². The van der Waals surface area contributed by atoms with E-state index in [0.717, 1.165) is 22.7 Å². The minimum atomic E-state index is -0.0988. The number of aromatic nitrogens is 1. The van der Waals surface area contributed by atoms with Crippen LogP contribution in [0, 0.1) is 6.92 Å². The summed E-state index contributed by atoms with van der Waals surface area (Å²) in [6.45, 7) is 2.62. The maximum atomic E-state index is 12.2. The number of rotatable bonds is 5. The van der Waals surface area contributed by atoms with Crippen LogP contribution < -0.4 is 5.32 Å². The summed E-state index contributed by atoms with van der Waals surface area (Å²) in [7, 11) is 0. The normalized spacial score (nSPS) is 20.6. The number of nitrogens with one attached hydrogen (secondary N) is 1. The van der Waals surface area contributed by atoms with Gasteiger partial charge in [-0.15, -0.1) is 11.3 Å². The van der Waals surface area contributed by atoms with Crippen molar-refractivity contribution in [3.05, 3.63) is 50.9 Å². The third-order valence-corrected chi connectivity index (χ3v) is 5.15. The number of nitrogens with zero attached hydrogens (tertiary/aromatic N) is 1. The van der Waals surface area contributed by atoms with Crippen molar-refractivity contribution in [1.29, 1.82) is 0 Å². The van der Waals surface area contributed by atoms with Gasteiger partial charge in [-0.3, -0.25) is 4.79 Å². The third-order valence-electron chi connectivity index (χ3n) is 3.87. The lowest BCUT2D eigenvalue weighted by atomic mass is 10.0. The average molecular weight is 351 g/mol. The van der Waals surface area contributed by atoms with Gasteiger partial charge in [-0.05, 0) is 31.0 Å². The molecular formula is C17H19ClN2O2S. The number of hydrogen-bond acceptors (Lipinski definition) is 4. The van der Waals surface area contributed by atoms with Gasteiger partial charge >= 0.3 is 0 Å². The van der Waals surface area contributed by atoms with Gasteiger partial charge in [-0.2, -0.15) is 0 Å². The summed E-state index contributed by atoms with van der Waals surface area (Å²) in [5.74, 6) is 0.0484. The minimum absolute atomic E-state index is 0.0155. The first-order valence-corrected chi connectivity index (χ1v) is 8.95. The molecule has 122 valence electrons. The van der Waals surface area contributed by atoms with Crippen LogP contribution in [0.4, 0.5) is 0 Å². The predicted octanol–water partition coefficient (Wildman–Crippen LogP) is 3.68. The van der Waals surface area contributed by atoms with Crippen LogP contribution in [-0.4, -0.2) is 23.5 Å². The molecule has 4 nitrogen and oxygen atoms in total. The van der Waals surface area contributed by atoms with Crippen LogP contribution in [0.5, 0.6) is 0 Å². The number of aryl methyl sites for hydroxylation is 2. The Labute approximate surface area is 144 Å². The maximum absolute atomic E-state index is 12.2. The summed E-state index contributed by atoms with van der Waals surface area (Å²) in [6, 6.07) is 7.62. The van der Waals surface area contributed by atoms with E-state index >= 15 is 0 Å². The molecule has 0 radical (unpaired) electrons. The molecule has 1 amide bonds. The highest BCUT2D eigenvalue weighted by Crippen LogP contribution is 2.30. The molecule has 0 saturated carbocycles. The van der Waals surface area contributed by atoms with Gasteiger partial charge in [-0.25, -0.2) is 4.98 Å². The quantitative estimate of drug-likeness (QED) is 0.894. The van der Waals surface area contributed by atoms with Gasteiger partial charge in [0, 0.05) is 35.5 Å². The Morgan fingerprint density at radius 3 is 2.91 bits per heavy atom. The van der Waals surface area contributed by atoms with Crippen molar-refractivity contribution in [1.82, 2.24) is 10.3 Å². The molecule has 1 N–H and O–H groups in total. The Balaban J connectivity index is 1.55. The van der Waals surface area contributed by atoms with Crippen LogP contribution in [0.3, 0.4) is 0 Å². The second-order valence-electron chi connectivity index (χ2n) is 5.69. The molecule has 2 aromatic rings. The molecular weight excluding hydrogens is 332 g/mol. The fourth-order valence-corrected chi connectivity index (χ4v) is 3.64. The third kappa shape index (κ3) is 4.31. The number of thiazole rings is 1. The molecule has 2 atom stereocenters. The molecule has 0 bridgehead atoms. The zero-order valence-corrected chi connectivity index (χ0v) is 14.5. The summed E-state index contributed by atoms with van der Waals surface area (Å²) in [6.07, 6.45) is 1.87. The first-order valence-electron chi connectivity index (χ1n) is 7.69. The highest BCUT2D eigenvalue weighted by Gasteiger charge is 2.30. The van der Waals surface area contributed by atoms with Crippen molar-refractivity contribution >= 4 is 28.8 Å². The zero-order valence-electron chi connectivity index (χ0n) is 12.9. The molecule has 1 fully saturated rings. The number of carbonyl (C=O) groups excluding carboxylic acids is 1. The van der Waals surface area contributed by atoms with Crippen molar-refractivity contribution in [3.8, 4) is 0 Å². The number of halogens is 1. The first kappa shape index (κ1) is 16.4. The van der Waals surface area contributed by atoms with Crippen LogP contribution in [0.15, 0.2) is 29.6 Å². The smallest absolute Gasteiger partial charge is 0.220 e. The Morgan fingerprint density at radius 2 is 2.22 bits per heavy atom. The SMILES string of the molecule is Cc1csc(CCC(=O)N[C@H]2CCO[C@@H]2c2ccc(Cl)cc2)n1. The number of hydrogen-bond donors (Lipinski definition) is 1. The zero-order chi connectivity index (χ0) is 16.2. The molecule has 0 aliphatic carbocycles. The second-order valence-corrected chi connectivity index (χ2v) is 7.07. The standard InChI is InChI=1S/C17H19ClN2O2S/c1-11-10-23-16(19-11)7-6-15(21)20-14-8-9-22-17(14)12-2-4-13(18)5-3-12/h2-5,10,14,17H,6-9H2,1H3,(H,20,21)/t14-,17+/m0/s1. The highest BCUT2D eigenvalue weighted by atomic mass is 35.5. The monoisotopic (exact) mass is 350 g/mol. The van der Waals surface area contributed by atoms with E-state index in [-0.39, 0.29) is 18.1 Å². The lowest BCUT2D eigenvalue weighted by Gasteiger charge is -2.20.